The maximum atomic E-state index is 12.4. The van der Waals surface area contributed by atoms with E-state index in [0.29, 0.717) is 29.7 Å². The molecule has 1 saturated heterocycles. The quantitative estimate of drug-likeness (QED) is 0.891. The van der Waals surface area contributed by atoms with Gasteiger partial charge in [0.1, 0.15) is 5.75 Å². The standard InChI is InChI=1S/C17H18BrN3O2/c18-14-2-4-15(5-3-14)23-16-6-1-13(10-20-16)17(22)21-8-7-12(9-19)11-21/h1-6,10,12H,7-9,11,19H2/t12-/m1/s1. The highest BCUT2D eigenvalue weighted by Gasteiger charge is 2.26. The van der Waals surface area contributed by atoms with E-state index in [-0.39, 0.29) is 5.91 Å². The molecule has 0 unspecified atom stereocenters. The number of halogens is 1. The number of carbonyl (C=O) groups is 1. The molecule has 1 aromatic heterocycles. The monoisotopic (exact) mass is 375 g/mol. The van der Waals surface area contributed by atoms with E-state index in [0.717, 1.165) is 24.0 Å². The highest BCUT2D eigenvalue weighted by Crippen LogP contribution is 2.23. The number of nitrogens with zero attached hydrogens (tertiary/aromatic N) is 2. The van der Waals surface area contributed by atoms with Crippen LogP contribution in [0.1, 0.15) is 16.8 Å². The molecule has 1 aromatic carbocycles. The number of hydrogen-bond acceptors (Lipinski definition) is 4. The zero-order valence-corrected chi connectivity index (χ0v) is 14.2. The Labute approximate surface area is 143 Å². The molecule has 1 fully saturated rings. The van der Waals surface area contributed by atoms with Crippen LogP contribution in [0.15, 0.2) is 47.1 Å². The van der Waals surface area contributed by atoms with E-state index in [1.807, 2.05) is 29.2 Å². The number of hydrogen-bond donors (Lipinski definition) is 1. The molecule has 6 heteroatoms. The van der Waals surface area contributed by atoms with Crippen LogP contribution in [0.4, 0.5) is 0 Å². The van der Waals surface area contributed by atoms with Crippen molar-refractivity contribution in [3.63, 3.8) is 0 Å². The summed E-state index contributed by atoms with van der Waals surface area (Å²) in [6, 6.07) is 11.0. The van der Waals surface area contributed by atoms with Crippen molar-refractivity contribution in [2.45, 2.75) is 6.42 Å². The third-order valence-electron chi connectivity index (χ3n) is 3.93. The van der Waals surface area contributed by atoms with E-state index in [1.165, 1.54) is 0 Å². The zero-order chi connectivity index (χ0) is 16.2. The smallest absolute Gasteiger partial charge is 0.255 e. The van der Waals surface area contributed by atoms with Crippen LogP contribution in [0.5, 0.6) is 11.6 Å². The van der Waals surface area contributed by atoms with Gasteiger partial charge in [0.25, 0.3) is 5.91 Å². The number of pyridine rings is 1. The van der Waals surface area contributed by atoms with Crippen molar-refractivity contribution in [3.8, 4) is 11.6 Å². The number of ether oxygens (including phenoxy) is 1. The molecular weight excluding hydrogens is 358 g/mol. The zero-order valence-electron chi connectivity index (χ0n) is 12.6. The summed E-state index contributed by atoms with van der Waals surface area (Å²) in [5.74, 6) is 1.57. The first kappa shape index (κ1) is 16.0. The highest BCUT2D eigenvalue weighted by molar-refractivity contribution is 9.10. The maximum absolute atomic E-state index is 12.4. The predicted molar refractivity (Wildman–Crippen MR) is 91.5 cm³/mol. The van der Waals surface area contributed by atoms with Gasteiger partial charge in [-0.25, -0.2) is 4.98 Å². The van der Waals surface area contributed by atoms with Crippen LogP contribution in [0.25, 0.3) is 0 Å². The molecule has 3 rings (SSSR count). The average molecular weight is 376 g/mol. The molecule has 23 heavy (non-hydrogen) atoms. The van der Waals surface area contributed by atoms with Gasteiger partial charge >= 0.3 is 0 Å². The Hall–Kier alpha value is -1.92. The van der Waals surface area contributed by atoms with Crippen LogP contribution in [0, 0.1) is 5.92 Å². The molecule has 120 valence electrons. The van der Waals surface area contributed by atoms with Crippen LogP contribution >= 0.6 is 15.9 Å². The lowest BCUT2D eigenvalue weighted by Crippen LogP contribution is -2.29. The molecule has 1 aliphatic heterocycles. The fourth-order valence-electron chi connectivity index (χ4n) is 2.58. The van der Waals surface area contributed by atoms with Gasteiger partial charge in [0.05, 0.1) is 5.56 Å². The second kappa shape index (κ2) is 7.10. The summed E-state index contributed by atoms with van der Waals surface area (Å²) in [5.41, 5.74) is 6.24. The van der Waals surface area contributed by atoms with Crippen molar-refractivity contribution in [2.75, 3.05) is 19.6 Å². The molecule has 5 nitrogen and oxygen atoms in total. The van der Waals surface area contributed by atoms with Crippen LogP contribution in [-0.4, -0.2) is 35.4 Å². The van der Waals surface area contributed by atoms with Crippen LogP contribution < -0.4 is 10.5 Å². The van der Waals surface area contributed by atoms with E-state index in [9.17, 15) is 4.79 Å². The maximum Gasteiger partial charge on any atom is 0.255 e. The normalized spacial score (nSPS) is 17.3. The molecule has 2 N–H and O–H groups in total. The first-order valence-electron chi connectivity index (χ1n) is 7.54. The molecule has 1 amide bonds. The Bertz CT molecular complexity index is 673. The van der Waals surface area contributed by atoms with Crippen molar-refractivity contribution in [1.29, 1.82) is 0 Å². The van der Waals surface area contributed by atoms with Crippen molar-refractivity contribution in [2.24, 2.45) is 11.7 Å². The van der Waals surface area contributed by atoms with Crippen molar-refractivity contribution < 1.29 is 9.53 Å². The molecule has 1 aliphatic rings. The lowest BCUT2D eigenvalue weighted by atomic mass is 10.1. The Balaban J connectivity index is 1.65. The summed E-state index contributed by atoms with van der Waals surface area (Å²) in [6.07, 6.45) is 2.53. The third-order valence-corrected chi connectivity index (χ3v) is 4.45. The van der Waals surface area contributed by atoms with E-state index in [1.54, 1.807) is 18.3 Å². The fraction of sp³-hybridized carbons (Fsp3) is 0.294. The number of benzene rings is 1. The molecule has 0 saturated carbocycles. The highest BCUT2D eigenvalue weighted by atomic mass is 79.9. The molecular formula is C17H18BrN3O2. The van der Waals surface area contributed by atoms with Gasteiger partial charge in [-0.05, 0) is 49.2 Å². The Morgan fingerprint density at radius 1 is 1.30 bits per heavy atom. The largest absolute Gasteiger partial charge is 0.439 e. The molecule has 0 radical (unpaired) electrons. The van der Waals surface area contributed by atoms with Gasteiger partial charge in [-0.1, -0.05) is 15.9 Å². The van der Waals surface area contributed by atoms with E-state index in [2.05, 4.69) is 20.9 Å². The number of aromatic nitrogens is 1. The van der Waals surface area contributed by atoms with Crippen LogP contribution in [0.3, 0.4) is 0 Å². The molecule has 2 aromatic rings. The SMILES string of the molecule is NC[C@H]1CCN(C(=O)c2ccc(Oc3ccc(Br)cc3)nc2)C1. The van der Waals surface area contributed by atoms with E-state index < -0.39 is 0 Å². The molecule has 0 spiro atoms. The van der Waals surface area contributed by atoms with Gasteiger partial charge in [0.15, 0.2) is 0 Å². The predicted octanol–water partition coefficient (Wildman–Crippen LogP) is 3.06. The molecule has 0 aliphatic carbocycles. The van der Waals surface area contributed by atoms with Gasteiger partial charge in [-0.2, -0.15) is 0 Å². The summed E-state index contributed by atoms with van der Waals surface area (Å²) in [7, 11) is 0. The summed E-state index contributed by atoms with van der Waals surface area (Å²) in [6.45, 7) is 2.12. The van der Waals surface area contributed by atoms with Gasteiger partial charge in [-0.15, -0.1) is 0 Å². The second-order valence-electron chi connectivity index (χ2n) is 5.58. The molecule has 2 heterocycles. The topological polar surface area (TPSA) is 68.5 Å². The van der Waals surface area contributed by atoms with Crippen molar-refractivity contribution in [1.82, 2.24) is 9.88 Å². The van der Waals surface area contributed by atoms with Crippen LogP contribution in [-0.2, 0) is 0 Å². The molecule has 0 bridgehead atoms. The number of carbonyl (C=O) groups excluding carboxylic acids is 1. The number of amides is 1. The minimum Gasteiger partial charge on any atom is -0.439 e. The van der Waals surface area contributed by atoms with Crippen molar-refractivity contribution in [3.05, 3.63) is 52.6 Å². The second-order valence-corrected chi connectivity index (χ2v) is 6.50. The van der Waals surface area contributed by atoms with Gasteiger partial charge in [0, 0.05) is 29.8 Å². The van der Waals surface area contributed by atoms with E-state index in [4.69, 9.17) is 10.5 Å². The Kier molecular flexibility index (Phi) is 4.93. The molecule has 1 atom stereocenters. The summed E-state index contributed by atoms with van der Waals surface area (Å²) in [5, 5.41) is 0. The van der Waals surface area contributed by atoms with E-state index >= 15 is 0 Å². The summed E-state index contributed by atoms with van der Waals surface area (Å²) in [4.78, 5) is 18.5. The Morgan fingerprint density at radius 3 is 2.70 bits per heavy atom. The van der Waals surface area contributed by atoms with Crippen molar-refractivity contribution >= 4 is 21.8 Å². The van der Waals surface area contributed by atoms with Gasteiger partial charge in [0.2, 0.25) is 5.88 Å². The summed E-state index contributed by atoms with van der Waals surface area (Å²) < 4.78 is 6.64. The minimum atomic E-state index is 0.00337. The minimum absolute atomic E-state index is 0.00337. The van der Waals surface area contributed by atoms with Gasteiger partial charge < -0.3 is 15.4 Å². The number of nitrogens with two attached hydrogens (primary N) is 1. The van der Waals surface area contributed by atoms with Crippen LogP contribution in [0.2, 0.25) is 0 Å². The average Bonchev–Trinajstić information content (AvgIpc) is 3.06. The lowest BCUT2D eigenvalue weighted by Gasteiger charge is -2.16. The lowest BCUT2D eigenvalue weighted by molar-refractivity contribution is 0.0787. The first-order chi connectivity index (χ1) is 11.2. The number of likely N-dealkylation sites (tertiary alicyclic amines) is 1. The first-order valence-corrected chi connectivity index (χ1v) is 8.34. The van der Waals surface area contributed by atoms with Gasteiger partial charge in [-0.3, -0.25) is 4.79 Å². The third kappa shape index (κ3) is 3.89. The number of rotatable bonds is 4. The summed E-state index contributed by atoms with van der Waals surface area (Å²) >= 11 is 3.38. The Morgan fingerprint density at radius 2 is 2.09 bits per heavy atom. The fourth-order valence-corrected chi connectivity index (χ4v) is 2.85.